The number of aromatic nitrogens is 2. The smallest absolute Gasteiger partial charge is 0.328 e. The number of nitrogens with zero attached hydrogens (tertiary/aromatic N) is 3. The van der Waals surface area contributed by atoms with E-state index in [1.54, 1.807) is 4.90 Å². The molecule has 17 heavy (non-hydrogen) atoms. The Hall–Kier alpha value is -0.920. The zero-order valence-electron chi connectivity index (χ0n) is 8.64. The van der Waals surface area contributed by atoms with Gasteiger partial charge in [-0.05, 0) is 27.5 Å². The van der Waals surface area contributed by atoms with Gasteiger partial charge < -0.3 is 14.7 Å². The van der Waals surface area contributed by atoms with Crippen LogP contribution in [0.15, 0.2) is 10.7 Å². The summed E-state index contributed by atoms with van der Waals surface area (Å²) in [6.45, 7) is 1.03. The molecular formula is C9H9BrClN3O3. The lowest BCUT2D eigenvalue weighted by Gasteiger charge is -2.34. The molecular weight excluding hydrogens is 313 g/mol. The van der Waals surface area contributed by atoms with Gasteiger partial charge in [-0.2, -0.15) is 4.98 Å². The highest BCUT2D eigenvalue weighted by Gasteiger charge is 2.31. The molecule has 1 aromatic heterocycles. The third kappa shape index (κ3) is 2.67. The van der Waals surface area contributed by atoms with Gasteiger partial charge in [-0.25, -0.2) is 9.78 Å². The molecule has 1 aliphatic rings. The van der Waals surface area contributed by atoms with Crippen LogP contribution in [0.3, 0.4) is 0 Å². The van der Waals surface area contributed by atoms with Gasteiger partial charge in [0.2, 0.25) is 5.28 Å². The van der Waals surface area contributed by atoms with Crippen LogP contribution in [0, 0.1) is 0 Å². The van der Waals surface area contributed by atoms with Gasteiger partial charge in [0.1, 0.15) is 5.82 Å². The Labute approximate surface area is 111 Å². The van der Waals surface area contributed by atoms with Crippen LogP contribution >= 0.6 is 27.5 Å². The van der Waals surface area contributed by atoms with E-state index in [9.17, 15) is 4.79 Å². The van der Waals surface area contributed by atoms with E-state index < -0.39 is 12.0 Å². The largest absolute Gasteiger partial charge is 0.480 e. The summed E-state index contributed by atoms with van der Waals surface area (Å²) < 4.78 is 5.76. The van der Waals surface area contributed by atoms with Crippen molar-refractivity contribution in [1.29, 1.82) is 0 Å². The molecule has 1 fully saturated rings. The average molecular weight is 323 g/mol. The van der Waals surface area contributed by atoms with E-state index in [0.29, 0.717) is 23.4 Å². The number of hydrogen-bond donors (Lipinski definition) is 1. The predicted octanol–water partition coefficient (Wildman–Crippen LogP) is 1.18. The van der Waals surface area contributed by atoms with E-state index in [2.05, 4.69) is 25.9 Å². The number of morpholine rings is 1. The quantitative estimate of drug-likeness (QED) is 0.824. The molecule has 1 atom stereocenters. The fraction of sp³-hybridized carbons (Fsp3) is 0.444. The number of carbonyl (C=O) groups is 1. The molecule has 0 radical (unpaired) electrons. The van der Waals surface area contributed by atoms with Crippen molar-refractivity contribution in [2.45, 2.75) is 6.04 Å². The minimum absolute atomic E-state index is 0.0823. The first-order chi connectivity index (χ1) is 8.09. The fourth-order valence-electron chi connectivity index (χ4n) is 1.60. The van der Waals surface area contributed by atoms with Gasteiger partial charge in [0, 0.05) is 12.7 Å². The number of hydrogen-bond acceptors (Lipinski definition) is 5. The van der Waals surface area contributed by atoms with Crippen LogP contribution in [0.5, 0.6) is 0 Å². The van der Waals surface area contributed by atoms with Crippen molar-refractivity contribution in [2.24, 2.45) is 0 Å². The third-order valence-corrected chi connectivity index (χ3v) is 3.12. The first-order valence-electron chi connectivity index (χ1n) is 4.85. The summed E-state index contributed by atoms with van der Waals surface area (Å²) in [7, 11) is 0. The monoisotopic (exact) mass is 321 g/mol. The Kier molecular flexibility index (Phi) is 3.80. The van der Waals surface area contributed by atoms with Gasteiger partial charge in [-0.1, -0.05) is 0 Å². The predicted molar refractivity (Wildman–Crippen MR) is 64.3 cm³/mol. The minimum Gasteiger partial charge on any atom is -0.480 e. The highest BCUT2D eigenvalue weighted by Crippen LogP contribution is 2.27. The molecule has 0 unspecified atom stereocenters. The summed E-state index contributed by atoms with van der Waals surface area (Å²) in [5.74, 6) is -0.480. The molecule has 0 saturated carbocycles. The first-order valence-corrected chi connectivity index (χ1v) is 6.02. The normalized spacial score (nSPS) is 20.4. The second-order valence-electron chi connectivity index (χ2n) is 3.43. The highest BCUT2D eigenvalue weighted by atomic mass is 79.9. The van der Waals surface area contributed by atoms with E-state index in [1.807, 2.05) is 0 Å². The van der Waals surface area contributed by atoms with Crippen LogP contribution in [-0.2, 0) is 9.53 Å². The number of carboxylic acid groups (broad SMARTS) is 1. The van der Waals surface area contributed by atoms with Crippen LogP contribution in [0.4, 0.5) is 5.82 Å². The van der Waals surface area contributed by atoms with E-state index in [1.165, 1.54) is 6.20 Å². The lowest BCUT2D eigenvalue weighted by molar-refractivity contribution is -0.141. The van der Waals surface area contributed by atoms with Gasteiger partial charge >= 0.3 is 5.97 Å². The molecule has 1 aromatic rings. The number of carboxylic acids is 1. The van der Waals surface area contributed by atoms with E-state index in [-0.39, 0.29) is 11.9 Å². The second kappa shape index (κ2) is 5.16. The second-order valence-corrected chi connectivity index (χ2v) is 4.63. The third-order valence-electron chi connectivity index (χ3n) is 2.38. The molecule has 0 bridgehead atoms. The molecule has 8 heteroatoms. The lowest BCUT2D eigenvalue weighted by Crippen LogP contribution is -2.50. The zero-order valence-corrected chi connectivity index (χ0v) is 11.0. The minimum atomic E-state index is -0.952. The molecule has 0 amide bonds. The Balaban J connectivity index is 2.35. The van der Waals surface area contributed by atoms with E-state index >= 15 is 0 Å². The molecule has 92 valence electrons. The number of halogens is 2. The summed E-state index contributed by atoms with van der Waals surface area (Å²) >= 11 is 9.00. The van der Waals surface area contributed by atoms with E-state index in [4.69, 9.17) is 21.4 Å². The fourth-order valence-corrected chi connectivity index (χ4v) is 2.15. The highest BCUT2D eigenvalue weighted by molar-refractivity contribution is 9.10. The summed E-state index contributed by atoms with van der Waals surface area (Å²) in [5, 5.41) is 9.20. The van der Waals surface area contributed by atoms with Crippen molar-refractivity contribution >= 4 is 39.3 Å². The van der Waals surface area contributed by atoms with E-state index in [0.717, 1.165) is 0 Å². The van der Waals surface area contributed by atoms with Crippen molar-refractivity contribution in [1.82, 2.24) is 9.97 Å². The molecule has 1 N–H and O–H groups in total. The van der Waals surface area contributed by atoms with Crippen LogP contribution in [0.1, 0.15) is 0 Å². The summed E-state index contributed by atoms with van der Waals surface area (Å²) in [6, 6.07) is -0.758. The van der Waals surface area contributed by atoms with Crippen molar-refractivity contribution in [2.75, 3.05) is 24.7 Å². The summed E-state index contributed by atoms with van der Waals surface area (Å²) in [6.07, 6.45) is 1.50. The maximum atomic E-state index is 11.1. The molecule has 2 rings (SSSR count). The van der Waals surface area contributed by atoms with Crippen LogP contribution in [0.2, 0.25) is 5.28 Å². The average Bonchev–Trinajstić information content (AvgIpc) is 2.32. The number of anilines is 1. The Bertz CT molecular complexity index is 445. The van der Waals surface area contributed by atoms with Gasteiger partial charge in [-0.3, -0.25) is 0 Å². The van der Waals surface area contributed by atoms with Gasteiger partial charge in [0.25, 0.3) is 0 Å². The summed E-state index contributed by atoms with van der Waals surface area (Å²) in [4.78, 5) is 20.6. The molecule has 0 aliphatic carbocycles. The molecule has 6 nitrogen and oxygen atoms in total. The number of ether oxygens (including phenoxy) is 1. The molecule has 0 aromatic carbocycles. The SMILES string of the molecule is O=C(O)[C@@H]1COCCN1c1nc(Cl)ncc1Br. The molecule has 0 spiro atoms. The van der Waals surface area contributed by atoms with Crippen LogP contribution in [0.25, 0.3) is 0 Å². The molecule has 1 saturated heterocycles. The Morgan fingerprint density at radius 1 is 1.71 bits per heavy atom. The summed E-state index contributed by atoms with van der Waals surface area (Å²) in [5.41, 5.74) is 0. The molecule has 1 aliphatic heterocycles. The lowest BCUT2D eigenvalue weighted by atomic mass is 10.2. The Morgan fingerprint density at radius 2 is 2.47 bits per heavy atom. The Morgan fingerprint density at radius 3 is 3.18 bits per heavy atom. The standard InChI is InChI=1S/C9H9BrClN3O3/c10-5-3-12-9(11)13-7(5)14-1-2-17-4-6(14)8(15)16/h3,6H,1-2,4H2,(H,15,16)/t6-/m0/s1. The topological polar surface area (TPSA) is 75.6 Å². The van der Waals surface area contributed by atoms with Gasteiger partial charge in [-0.15, -0.1) is 0 Å². The van der Waals surface area contributed by atoms with Crippen molar-refractivity contribution in [3.63, 3.8) is 0 Å². The zero-order chi connectivity index (χ0) is 12.4. The maximum Gasteiger partial charge on any atom is 0.328 e. The number of aliphatic carboxylic acids is 1. The maximum absolute atomic E-state index is 11.1. The van der Waals surface area contributed by atoms with Crippen LogP contribution < -0.4 is 4.90 Å². The van der Waals surface area contributed by atoms with Gasteiger partial charge in [0.05, 0.1) is 17.7 Å². The van der Waals surface area contributed by atoms with Crippen molar-refractivity contribution in [3.8, 4) is 0 Å². The van der Waals surface area contributed by atoms with Crippen molar-refractivity contribution < 1.29 is 14.6 Å². The molecule has 2 heterocycles. The number of rotatable bonds is 2. The van der Waals surface area contributed by atoms with Gasteiger partial charge in [0.15, 0.2) is 6.04 Å². The van der Waals surface area contributed by atoms with Crippen LogP contribution in [-0.4, -0.2) is 46.8 Å². The van der Waals surface area contributed by atoms with Crippen molar-refractivity contribution in [3.05, 3.63) is 16.0 Å². The first kappa shape index (κ1) is 12.5.